The summed E-state index contributed by atoms with van der Waals surface area (Å²) < 4.78 is 5.24. The highest BCUT2D eigenvalue weighted by Gasteiger charge is 2.10. The van der Waals surface area contributed by atoms with E-state index in [9.17, 15) is 5.11 Å². The second-order valence-electron chi connectivity index (χ2n) is 4.34. The zero-order valence-corrected chi connectivity index (χ0v) is 10.4. The van der Waals surface area contributed by atoms with Crippen LogP contribution in [0.25, 0.3) is 22.8 Å². The highest BCUT2D eigenvalue weighted by atomic mass is 16.5. The summed E-state index contributed by atoms with van der Waals surface area (Å²) in [4.78, 5) is 4.33. The smallest absolute Gasteiger partial charge is 0.258 e. The molecule has 0 atom stereocenters. The molecule has 0 bridgehead atoms. The molecule has 3 aromatic rings. The van der Waals surface area contributed by atoms with E-state index in [1.54, 1.807) is 18.2 Å². The third-order valence-corrected chi connectivity index (χ3v) is 2.83. The van der Waals surface area contributed by atoms with Crippen LogP contribution in [-0.2, 0) is 0 Å². The Hall–Kier alpha value is -2.62. The molecule has 0 saturated heterocycles. The van der Waals surface area contributed by atoms with Gasteiger partial charge in [0.15, 0.2) is 0 Å². The molecular formula is C15H12N2O2. The zero-order chi connectivity index (χ0) is 13.2. The largest absolute Gasteiger partial charge is 0.508 e. The molecule has 0 aliphatic heterocycles. The lowest BCUT2D eigenvalue weighted by molar-refractivity contribution is 0.432. The van der Waals surface area contributed by atoms with Gasteiger partial charge < -0.3 is 9.63 Å². The molecule has 4 heteroatoms. The molecule has 94 valence electrons. The van der Waals surface area contributed by atoms with Crippen molar-refractivity contribution in [2.45, 2.75) is 6.92 Å². The Morgan fingerprint density at radius 3 is 2.53 bits per heavy atom. The summed E-state index contributed by atoms with van der Waals surface area (Å²) in [5.41, 5.74) is 2.78. The molecule has 0 spiro atoms. The van der Waals surface area contributed by atoms with Crippen LogP contribution in [0.4, 0.5) is 0 Å². The quantitative estimate of drug-likeness (QED) is 0.759. The van der Waals surface area contributed by atoms with Crippen molar-refractivity contribution >= 4 is 0 Å². The van der Waals surface area contributed by atoms with Gasteiger partial charge in [-0.25, -0.2) is 0 Å². The van der Waals surface area contributed by atoms with Crippen molar-refractivity contribution in [3.63, 3.8) is 0 Å². The Morgan fingerprint density at radius 1 is 1.00 bits per heavy atom. The summed E-state index contributed by atoms with van der Waals surface area (Å²) in [6.07, 6.45) is 0. The van der Waals surface area contributed by atoms with Gasteiger partial charge in [0.25, 0.3) is 5.89 Å². The minimum atomic E-state index is 0.180. The SMILES string of the molecule is Cc1ccc(-c2nc(-c3cccc(O)c3)no2)cc1. The van der Waals surface area contributed by atoms with Gasteiger partial charge in [-0.3, -0.25) is 0 Å². The maximum Gasteiger partial charge on any atom is 0.258 e. The van der Waals surface area contributed by atoms with E-state index in [-0.39, 0.29) is 5.75 Å². The van der Waals surface area contributed by atoms with Crippen molar-refractivity contribution in [2.24, 2.45) is 0 Å². The lowest BCUT2D eigenvalue weighted by atomic mass is 10.1. The van der Waals surface area contributed by atoms with Crippen molar-refractivity contribution < 1.29 is 9.63 Å². The van der Waals surface area contributed by atoms with Crippen molar-refractivity contribution in [1.29, 1.82) is 0 Å². The van der Waals surface area contributed by atoms with E-state index in [1.165, 1.54) is 5.56 Å². The standard InChI is InChI=1S/C15H12N2O2/c1-10-5-7-11(8-6-10)15-16-14(17-19-15)12-3-2-4-13(18)9-12/h2-9,18H,1H3. The molecule has 19 heavy (non-hydrogen) atoms. The van der Waals surface area contributed by atoms with Crippen LogP contribution in [0.3, 0.4) is 0 Å². The minimum Gasteiger partial charge on any atom is -0.508 e. The van der Waals surface area contributed by atoms with Gasteiger partial charge in [0, 0.05) is 11.1 Å². The Morgan fingerprint density at radius 2 is 1.79 bits per heavy atom. The highest BCUT2D eigenvalue weighted by molar-refractivity contribution is 5.61. The number of phenols is 1. The zero-order valence-electron chi connectivity index (χ0n) is 10.4. The summed E-state index contributed by atoms with van der Waals surface area (Å²) in [5.74, 6) is 1.11. The van der Waals surface area contributed by atoms with Crippen LogP contribution in [-0.4, -0.2) is 15.2 Å². The van der Waals surface area contributed by atoms with Crippen molar-refractivity contribution in [2.75, 3.05) is 0 Å². The molecule has 3 rings (SSSR count). The van der Waals surface area contributed by atoms with Crippen LogP contribution in [0.2, 0.25) is 0 Å². The maximum absolute atomic E-state index is 9.44. The molecule has 1 heterocycles. The second-order valence-corrected chi connectivity index (χ2v) is 4.34. The summed E-state index contributed by atoms with van der Waals surface area (Å²) in [6, 6.07) is 14.6. The summed E-state index contributed by atoms with van der Waals surface area (Å²) >= 11 is 0. The van der Waals surface area contributed by atoms with E-state index >= 15 is 0 Å². The Labute approximate surface area is 110 Å². The number of aromatic nitrogens is 2. The van der Waals surface area contributed by atoms with Crippen LogP contribution in [0, 0.1) is 6.92 Å². The van der Waals surface area contributed by atoms with Gasteiger partial charge in [0.2, 0.25) is 5.82 Å². The van der Waals surface area contributed by atoms with Crippen LogP contribution >= 0.6 is 0 Å². The maximum atomic E-state index is 9.44. The lowest BCUT2D eigenvalue weighted by Gasteiger charge is -1.95. The molecule has 0 radical (unpaired) electrons. The number of hydrogen-bond acceptors (Lipinski definition) is 4. The number of nitrogens with zero attached hydrogens (tertiary/aromatic N) is 2. The van der Waals surface area contributed by atoms with Crippen molar-refractivity contribution in [3.8, 4) is 28.6 Å². The molecule has 0 unspecified atom stereocenters. The van der Waals surface area contributed by atoms with E-state index in [0.717, 1.165) is 11.1 Å². The molecule has 0 aliphatic carbocycles. The summed E-state index contributed by atoms with van der Waals surface area (Å²) in [5, 5.41) is 13.4. The van der Waals surface area contributed by atoms with Crippen molar-refractivity contribution in [1.82, 2.24) is 10.1 Å². The third kappa shape index (κ3) is 2.33. The molecule has 4 nitrogen and oxygen atoms in total. The number of rotatable bonds is 2. The van der Waals surface area contributed by atoms with E-state index in [0.29, 0.717) is 11.7 Å². The lowest BCUT2D eigenvalue weighted by Crippen LogP contribution is -1.81. The predicted octanol–water partition coefficient (Wildman–Crippen LogP) is 3.42. The molecule has 1 aromatic heterocycles. The van der Waals surface area contributed by atoms with Crippen LogP contribution < -0.4 is 0 Å². The van der Waals surface area contributed by atoms with Crippen molar-refractivity contribution in [3.05, 3.63) is 54.1 Å². The van der Waals surface area contributed by atoms with Gasteiger partial charge in [-0.1, -0.05) is 35.0 Å². The first-order chi connectivity index (χ1) is 9.22. The monoisotopic (exact) mass is 252 g/mol. The van der Waals surface area contributed by atoms with Gasteiger partial charge in [0.1, 0.15) is 5.75 Å². The van der Waals surface area contributed by atoms with Gasteiger partial charge in [0.05, 0.1) is 0 Å². The Balaban J connectivity index is 1.97. The summed E-state index contributed by atoms with van der Waals surface area (Å²) in [7, 11) is 0. The van der Waals surface area contributed by atoms with Crippen LogP contribution in [0.15, 0.2) is 53.1 Å². The normalized spacial score (nSPS) is 10.6. The molecule has 0 fully saturated rings. The fourth-order valence-corrected chi connectivity index (χ4v) is 1.80. The third-order valence-electron chi connectivity index (χ3n) is 2.83. The number of aryl methyl sites for hydroxylation is 1. The number of phenolic OH excluding ortho intramolecular Hbond substituents is 1. The topological polar surface area (TPSA) is 59.2 Å². The molecule has 0 aliphatic rings. The first-order valence-corrected chi connectivity index (χ1v) is 5.92. The Bertz CT molecular complexity index is 702. The minimum absolute atomic E-state index is 0.180. The van der Waals surface area contributed by atoms with Crippen LogP contribution in [0.5, 0.6) is 5.75 Å². The van der Waals surface area contributed by atoms with Gasteiger partial charge in [-0.15, -0.1) is 0 Å². The number of benzene rings is 2. The van der Waals surface area contributed by atoms with Gasteiger partial charge in [-0.05, 0) is 31.2 Å². The molecule has 0 saturated carbocycles. The predicted molar refractivity (Wildman–Crippen MR) is 71.6 cm³/mol. The van der Waals surface area contributed by atoms with E-state index in [4.69, 9.17) is 4.52 Å². The molecular weight excluding hydrogens is 240 g/mol. The fourth-order valence-electron chi connectivity index (χ4n) is 1.80. The molecule has 2 aromatic carbocycles. The highest BCUT2D eigenvalue weighted by Crippen LogP contribution is 2.24. The average Bonchev–Trinajstić information content (AvgIpc) is 2.89. The van der Waals surface area contributed by atoms with E-state index in [1.807, 2.05) is 37.3 Å². The first kappa shape index (κ1) is 11.5. The number of hydrogen-bond donors (Lipinski definition) is 1. The van der Waals surface area contributed by atoms with Gasteiger partial charge >= 0.3 is 0 Å². The second kappa shape index (κ2) is 4.57. The first-order valence-electron chi connectivity index (χ1n) is 5.92. The molecule has 0 amide bonds. The Kier molecular flexibility index (Phi) is 2.76. The summed E-state index contributed by atoms with van der Waals surface area (Å²) in [6.45, 7) is 2.02. The number of aromatic hydroxyl groups is 1. The fraction of sp³-hybridized carbons (Fsp3) is 0.0667. The average molecular weight is 252 g/mol. The van der Waals surface area contributed by atoms with E-state index < -0.39 is 0 Å². The molecule has 1 N–H and O–H groups in total. The van der Waals surface area contributed by atoms with Crippen LogP contribution in [0.1, 0.15) is 5.56 Å². The van der Waals surface area contributed by atoms with Gasteiger partial charge in [-0.2, -0.15) is 4.98 Å². The van der Waals surface area contributed by atoms with E-state index in [2.05, 4.69) is 10.1 Å².